The van der Waals surface area contributed by atoms with Crippen molar-refractivity contribution < 1.29 is 0 Å². The Morgan fingerprint density at radius 1 is 1.16 bits per heavy atom. The molecule has 0 heterocycles. The van der Waals surface area contributed by atoms with E-state index >= 15 is 0 Å². The summed E-state index contributed by atoms with van der Waals surface area (Å²) in [6.07, 6.45) is 8.08. The number of nitrogens with one attached hydrogen (secondary N) is 1. The van der Waals surface area contributed by atoms with Crippen LogP contribution in [0.25, 0.3) is 0 Å². The molecule has 1 N–H and O–H groups in total. The number of hydrogen-bond donors (Lipinski definition) is 1. The summed E-state index contributed by atoms with van der Waals surface area (Å²) >= 11 is 5.95. The van der Waals surface area contributed by atoms with E-state index in [9.17, 15) is 0 Å². The zero-order chi connectivity index (χ0) is 13.7. The monoisotopic (exact) mass is 279 g/mol. The molecule has 1 unspecified atom stereocenters. The third-order valence-corrected chi connectivity index (χ3v) is 5.03. The number of benzene rings is 1. The summed E-state index contributed by atoms with van der Waals surface area (Å²) in [5, 5.41) is 4.36. The van der Waals surface area contributed by atoms with Gasteiger partial charge in [0.05, 0.1) is 0 Å². The molecule has 1 saturated carbocycles. The number of hydrogen-bond acceptors (Lipinski definition) is 1. The second-order valence-corrected chi connectivity index (χ2v) is 6.35. The molecule has 1 atom stereocenters. The first-order valence-electron chi connectivity index (χ1n) is 7.64. The van der Waals surface area contributed by atoms with E-state index in [1.807, 2.05) is 12.1 Å². The van der Waals surface area contributed by atoms with Crippen LogP contribution in [0.2, 0.25) is 5.02 Å². The third-order valence-electron chi connectivity index (χ3n) is 4.78. The molecule has 0 bridgehead atoms. The quantitative estimate of drug-likeness (QED) is 0.825. The van der Waals surface area contributed by atoms with E-state index in [0.29, 0.717) is 6.04 Å². The van der Waals surface area contributed by atoms with Gasteiger partial charge in [0.15, 0.2) is 0 Å². The maximum absolute atomic E-state index is 5.95. The third kappa shape index (κ3) is 4.22. The standard InChI is InChI=1S/C17H26ClN/c1-3-13-4-8-15(9-5-13)17(19-2)12-14-6-10-16(18)11-7-14/h6-7,10-11,13,15,17,19H,3-5,8-9,12H2,1-2H3. The summed E-state index contributed by atoms with van der Waals surface area (Å²) in [7, 11) is 2.10. The second kappa shape index (κ2) is 7.31. The van der Waals surface area contributed by atoms with E-state index in [1.165, 1.54) is 37.7 Å². The van der Waals surface area contributed by atoms with Crippen LogP contribution in [0.15, 0.2) is 24.3 Å². The molecule has 0 radical (unpaired) electrons. The molecule has 0 saturated heterocycles. The average Bonchev–Trinajstić information content (AvgIpc) is 2.47. The van der Waals surface area contributed by atoms with Crippen LogP contribution < -0.4 is 5.32 Å². The molecule has 0 spiro atoms. The first-order chi connectivity index (χ1) is 9.22. The molecule has 1 nitrogen and oxygen atoms in total. The fraction of sp³-hybridized carbons (Fsp3) is 0.647. The Balaban J connectivity index is 1.91. The smallest absolute Gasteiger partial charge is 0.0406 e. The molecule has 2 rings (SSSR count). The van der Waals surface area contributed by atoms with Gasteiger partial charge in [-0.2, -0.15) is 0 Å². The lowest BCUT2D eigenvalue weighted by Gasteiger charge is -2.33. The Hall–Kier alpha value is -0.530. The first kappa shape index (κ1) is 14.9. The minimum absolute atomic E-state index is 0.610. The van der Waals surface area contributed by atoms with Crippen molar-refractivity contribution in [3.8, 4) is 0 Å². The lowest BCUT2D eigenvalue weighted by molar-refractivity contribution is 0.222. The van der Waals surface area contributed by atoms with Crippen molar-refractivity contribution in [2.75, 3.05) is 7.05 Å². The van der Waals surface area contributed by atoms with E-state index in [0.717, 1.165) is 23.3 Å². The van der Waals surface area contributed by atoms with Gasteiger partial charge >= 0.3 is 0 Å². The highest BCUT2D eigenvalue weighted by molar-refractivity contribution is 6.30. The van der Waals surface area contributed by atoms with Gasteiger partial charge < -0.3 is 5.32 Å². The highest BCUT2D eigenvalue weighted by Crippen LogP contribution is 2.33. The van der Waals surface area contributed by atoms with Gasteiger partial charge in [-0.3, -0.25) is 0 Å². The van der Waals surface area contributed by atoms with Gasteiger partial charge in [-0.1, -0.05) is 49.9 Å². The van der Waals surface area contributed by atoms with Gasteiger partial charge in [0.25, 0.3) is 0 Å². The van der Waals surface area contributed by atoms with Gasteiger partial charge in [-0.25, -0.2) is 0 Å². The van der Waals surface area contributed by atoms with E-state index in [2.05, 4.69) is 31.4 Å². The van der Waals surface area contributed by atoms with Crippen LogP contribution >= 0.6 is 11.6 Å². The Morgan fingerprint density at radius 3 is 2.32 bits per heavy atom. The molecule has 1 fully saturated rings. The number of halogens is 1. The fourth-order valence-corrected chi connectivity index (χ4v) is 3.50. The predicted octanol–water partition coefficient (Wildman–Crippen LogP) is 4.69. The van der Waals surface area contributed by atoms with Crippen LogP contribution in [0.1, 0.15) is 44.6 Å². The van der Waals surface area contributed by atoms with Crippen molar-refractivity contribution in [3.63, 3.8) is 0 Å². The molecule has 0 aliphatic heterocycles. The van der Waals surface area contributed by atoms with Crippen LogP contribution in [-0.2, 0) is 6.42 Å². The van der Waals surface area contributed by atoms with Gasteiger partial charge in [0.2, 0.25) is 0 Å². The maximum atomic E-state index is 5.95. The van der Waals surface area contributed by atoms with Crippen LogP contribution in [0.3, 0.4) is 0 Å². The fourth-order valence-electron chi connectivity index (χ4n) is 3.38. The molecule has 19 heavy (non-hydrogen) atoms. The van der Waals surface area contributed by atoms with E-state index < -0.39 is 0 Å². The van der Waals surface area contributed by atoms with Crippen LogP contribution in [0.5, 0.6) is 0 Å². The normalized spacial score (nSPS) is 25.2. The topological polar surface area (TPSA) is 12.0 Å². The van der Waals surface area contributed by atoms with Crippen molar-refractivity contribution in [3.05, 3.63) is 34.9 Å². The Bertz CT molecular complexity index is 365. The zero-order valence-corrected chi connectivity index (χ0v) is 12.9. The van der Waals surface area contributed by atoms with E-state index in [4.69, 9.17) is 11.6 Å². The minimum Gasteiger partial charge on any atom is -0.316 e. The van der Waals surface area contributed by atoms with Gasteiger partial charge in [-0.05, 0) is 55.8 Å². The van der Waals surface area contributed by atoms with Gasteiger partial charge in [-0.15, -0.1) is 0 Å². The summed E-state index contributed by atoms with van der Waals surface area (Å²) in [5.74, 6) is 1.81. The largest absolute Gasteiger partial charge is 0.316 e. The molecular weight excluding hydrogens is 254 g/mol. The molecule has 1 aliphatic carbocycles. The second-order valence-electron chi connectivity index (χ2n) is 5.91. The molecule has 1 aliphatic rings. The van der Waals surface area contributed by atoms with Crippen molar-refractivity contribution >= 4 is 11.6 Å². The predicted molar refractivity (Wildman–Crippen MR) is 83.7 cm³/mol. The summed E-state index contributed by atoms with van der Waals surface area (Å²) in [4.78, 5) is 0. The Kier molecular flexibility index (Phi) is 5.72. The number of likely N-dealkylation sites (N-methyl/N-ethyl adjacent to an activating group) is 1. The van der Waals surface area contributed by atoms with Gasteiger partial charge in [0, 0.05) is 11.1 Å². The summed E-state index contributed by atoms with van der Waals surface area (Å²) in [5.41, 5.74) is 1.39. The highest BCUT2D eigenvalue weighted by atomic mass is 35.5. The van der Waals surface area contributed by atoms with Crippen molar-refractivity contribution in [2.45, 2.75) is 51.5 Å². The zero-order valence-electron chi connectivity index (χ0n) is 12.2. The van der Waals surface area contributed by atoms with E-state index in [-0.39, 0.29) is 0 Å². The minimum atomic E-state index is 0.610. The first-order valence-corrected chi connectivity index (χ1v) is 8.02. The molecule has 0 aromatic heterocycles. The molecular formula is C17H26ClN. The summed E-state index contributed by atoms with van der Waals surface area (Å²) in [6.45, 7) is 2.33. The Morgan fingerprint density at radius 2 is 1.79 bits per heavy atom. The van der Waals surface area contributed by atoms with E-state index in [1.54, 1.807) is 0 Å². The van der Waals surface area contributed by atoms with Crippen molar-refractivity contribution in [1.82, 2.24) is 5.32 Å². The summed E-state index contributed by atoms with van der Waals surface area (Å²) in [6, 6.07) is 8.92. The SMILES string of the molecule is CCC1CCC(C(Cc2ccc(Cl)cc2)NC)CC1. The van der Waals surface area contributed by atoms with Crippen molar-refractivity contribution in [1.29, 1.82) is 0 Å². The highest BCUT2D eigenvalue weighted by Gasteiger charge is 2.26. The molecule has 1 aromatic rings. The summed E-state index contributed by atoms with van der Waals surface area (Å²) < 4.78 is 0. The lowest BCUT2D eigenvalue weighted by atomic mass is 9.76. The Labute approximate surface area is 122 Å². The number of rotatable bonds is 5. The molecule has 0 amide bonds. The lowest BCUT2D eigenvalue weighted by Crippen LogP contribution is -2.37. The van der Waals surface area contributed by atoms with Crippen LogP contribution in [0.4, 0.5) is 0 Å². The van der Waals surface area contributed by atoms with Gasteiger partial charge in [0.1, 0.15) is 0 Å². The van der Waals surface area contributed by atoms with Crippen molar-refractivity contribution in [2.24, 2.45) is 11.8 Å². The van der Waals surface area contributed by atoms with Crippen LogP contribution in [0, 0.1) is 11.8 Å². The van der Waals surface area contributed by atoms with Crippen LogP contribution in [-0.4, -0.2) is 13.1 Å². The average molecular weight is 280 g/mol. The molecule has 2 heteroatoms. The molecule has 106 valence electrons. The maximum Gasteiger partial charge on any atom is 0.0406 e. The molecule has 1 aromatic carbocycles.